The second kappa shape index (κ2) is 9.75. The third kappa shape index (κ3) is 6.36. The minimum atomic E-state index is -0.237. The zero-order valence-corrected chi connectivity index (χ0v) is 16.7. The number of nitrogens with zero attached hydrogens (tertiary/aromatic N) is 2. The van der Waals surface area contributed by atoms with E-state index in [-0.39, 0.29) is 11.9 Å². The Bertz CT molecular complexity index is 967. The zero-order valence-electron chi connectivity index (χ0n) is 16.0. The Labute approximate surface area is 174 Å². The maximum Gasteiger partial charge on any atom is 0.315 e. The van der Waals surface area contributed by atoms with Gasteiger partial charge in [-0.25, -0.2) is 9.48 Å². The molecule has 0 radical (unpaired) electrons. The fraction of sp³-hybridized carbons (Fsp3) is 0.190. The predicted molar refractivity (Wildman–Crippen MR) is 113 cm³/mol. The topological polar surface area (TPSA) is 88.1 Å². The van der Waals surface area contributed by atoms with Crippen LogP contribution in [0.5, 0.6) is 0 Å². The van der Waals surface area contributed by atoms with Crippen LogP contribution in [0.3, 0.4) is 0 Å². The first-order chi connectivity index (χ1) is 14.0. The minimum absolute atomic E-state index is 0.102. The van der Waals surface area contributed by atoms with Crippen molar-refractivity contribution < 1.29 is 9.59 Å². The van der Waals surface area contributed by atoms with Gasteiger partial charge >= 0.3 is 6.03 Å². The highest BCUT2D eigenvalue weighted by Gasteiger charge is 2.04. The molecule has 2 aromatic carbocycles. The maximum absolute atomic E-state index is 12.0. The number of hydrogen-bond donors (Lipinski definition) is 3. The average Bonchev–Trinajstić information content (AvgIpc) is 3.17. The fourth-order valence-electron chi connectivity index (χ4n) is 2.71. The van der Waals surface area contributed by atoms with E-state index in [4.69, 9.17) is 11.6 Å². The molecule has 0 unspecified atom stereocenters. The molecular weight excluding hydrogens is 390 g/mol. The molecule has 0 bridgehead atoms. The van der Waals surface area contributed by atoms with Crippen LogP contribution in [0, 0.1) is 0 Å². The zero-order chi connectivity index (χ0) is 20.6. The molecule has 3 aromatic rings. The van der Waals surface area contributed by atoms with Crippen LogP contribution < -0.4 is 16.0 Å². The molecular formula is C21H22ClN5O2. The first-order valence-corrected chi connectivity index (χ1v) is 9.55. The van der Waals surface area contributed by atoms with Crippen molar-refractivity contribution in [3.63, 3.8) is 0 Å². The van der Waals surface area contributed by atoms with E-state index in [2.05, 4.69) is 21.0 Å². The summed E-state index contributed by atoms with van der Waals surface area (Å²) in [6.45, 7) is 2.36. The molecule has 0 fully saturated rings. The quantitative estimate of drug-likeness (QED) is 0.555. The number of benzene rings is 2. The number of carbonyl (C=O) groups is 2. The second-order valence-electron chi connectivity index (χ2n) is 6.51. The lowest BCUT2D eigenvalue weighted by Gasteiger charge is -2.08. The average molecular weight is 412 g/mol. The first-order valence-electron chi connectivity index (χ1n) is 9.17. The third-order valence-corrected chi connectivity index (χ3v) is 4.41. The fourth-order valence-corrected chi connectivity index (χ4v) is 2.84. The van der Waals surface area contributed by atoms with Crippen LogP contribution in [-0.4, -0.2) is 28.3 Å². The second-order valence-corrected chi connectivity index (χ2v) is 6.94. The summed E-state index contributed by atoms with van der Waals surface area (Å²) in [5.74, 6) is -0.102. The summed E-state index contributed by atoms with van der Waals surface area (Å²) in [7, 11) is 0. The van der Waals surface area contributed by atoms with Gasteiger partial charge in [0.2, 0.25) is 5.91 Å². The Kier molecular flexibility index (Phi) is 6.86. The summed E-state index contributed by atoms with van der Waals surface area (Å²) < 4.78 is 1.73. The SMILES string of the molecule is CC(=O)Nc1ccc(CCNC(=O)NCc2cnn(-c3ccc(Cl)cc3)c2)cc1. The van der Waals surface area contributed by atoms with Crippen molar-refractivity contribution >= 4 is 29.2 Å². The number of carbonyl (C=O) groups excluding carboxylic acids is 2. The molecule has 3 amide bonds. The van der Waals surface area contributed by atoms with Crippen molar-refractivity contribution in [3.05, 3.63) is 77.1 Å². The van der Waals surface area contributed by atoms with Crippen LogP contribution in [-0.2, 0) is 17.8 Å². The maximum atomic E-state index is 12.0. The van der Waals surface area contributed by atoms with Crippen LogP contribution in [0.25, 0.3) is 5.69 Å². The summed E-state index contributed by atoms with van der Waals surface area (Å²) in [5.41, 5.74) is 3.62. The molecule has 3 rings (SSSR count). The van der Waals surface area contributed by atoms with Gasteiger partial charge in [0, 0.05) is 42.5 Å². The van der Waals surface area contributed by atoms with Crippen LogP contribution in [0.15, 0.2) is 60.9 Å². The van der Waals surface area contributed by atoms with E-state index in [1.54, 1.807) is 23.0 Å². The smallest absolute Gasteiger partial charge is 0.315 e. The molecule has 0 aliphatic rings. The van der Waals surface area contributed by atoms with Gasteiger partial charge in [0.25, 0.3) is 0 Å². The number of anilines is 1. The molecule has 1 aromatic heterocycles. The molecule has 0 atom stereocenters. The van der Waals surface area contributed by atoms with E-state index in [9.17, 15) is 9.59 Å². The number of amides is 3. The van der Waals surface area contributed by atoms with E-state index in [0.29, 0.717) is 24.5 Å². The molecule has 0 aliphatic heterocycles. The van der Waals surface area contributed by atoms with Gasteiger partial charge in [-0.2, -0.15) is 5.10 Å². The Balaban J connectivity index is 1.40. The highest BCUT2D eigenvalue weighted by Crippen LogP contribution is 2.13. The number of rotatable bonds is 7. The first kappa shape index (κ1) is 20.4. The standard InChI is InChI=1S/C21H22ClN5O2/c1-15(28)26-19-6-2-16(3-7-19)10-11-23-21(29)24-12-17-13-25-27(14-17)20-8-4-18(22)5-9-20/h2-9,13-14H,10-12H2,1H3,(H,26,28)(H2,23,24,29). The van der Waals surface area contributed by atoms with Gasteiger partial charge in [-0.1, -0.05) is 23.7 Å². The predicted octanol–water partition coefficient (Wildman–Crippen LogP) is 3.53. The Morgan fingerprint density at radius 1 is 1.00 bits per heavy atom. The Morgan fingerprint density at radius 3 is 2.41 bits per heavy atom. The summed E-state index contributed by atoms with van der Waals surface area (Å²) in [5, 5.41) is 13.3. The van der Waals surface area contributed by atoms with Crippen LogP contribution in [0.1, 0.15) is 18.1 Å². The van der Waals surface area contributed by atoms with E-state index in [1.807, 2.05) is 42.6 Å². The molecule has 29 heavy (non-hydrogen) atoms. The third-order valence-electron chi connectivity index (χ3n) is 4.15. The molecule has 3 N–H and O–H groups in total. The largest absolute Gasteiger partial charge is 0.338 e. The van der Waals surface area contributed by atoms with Crippen molar-refractivity contribution in [2.24, 2.45) is 0 Å². The van der Waals surface area contributed by atoms with E-state index in [1.165, 1.54) is 6.92 Å². The normalized spacial score (nSPS) is 10.4. The van der Waals surface area contributed by atoms with Crippen molar-refractivity contribution in [2.45, 2.75) is 19.9 Å². The molecule has 0 spiro atoms. The monoisotopic (exact) mass is 411 g/mol. The summed E-state index contributed by atoms with van der Waals surface area (Å²) in [6, 6.07) is 14.7. The van der Waals surface area contributed by atoms with Gasteiger partial charge in [-0.3, -0.25) is 4.79 Å². The van der Waals surface area contributed by atoms with Crippen LogP contribution >= 0.6 is 11.6 Å². The lowest BCUT2D eigenvalue weighted by atomic mass is 10.1. The highest BCUT2D eigenvalue weighted by atomic mass is 35.5. The molecule has 7 nitrogen and oxygen atoms in total. The van der Waals surface area contributed by atoms with Crippen molar-refractivity contribution in [1.29, 1.82) is 0 Å². The van der Waals surface area contributed by atoms with Crippen molar-refractivity contribution in [1.82, 2.24) is 20.4 Å². The van der Waals surface area contributed by atoms with Crippen LogP contribution in [0.2, 0.25) is 5.02 Å². The number of aromatic nitrogens is 2. The van der Waals surface area contributed by atoms with E-state index in [0.717, 1.165) is 22.5 Å². The van der Waals surface area contributed by atoms with Gasteiger partial charge in [0.05, 0.1) is 11.9 Å². The van der Waals surface area contributed by atoms with E-state index >= 15 is 0 Å². The molecule has 0 saturated carbocycles. The van der Waals surface area contributed by atoms with Crippen molar-refractivity contribution in [3.8, 4) is 5.69 Å². The van der Waals surface area contributed by atoms with Gasteiger partial charge < -0.3 is 16.0 Å². The van der Waals surface area contributed by atoms with E-state index < -0.39 is 0 Å². The number of nitrogens with one attached hydrogen (secondary N) is 3. The van der Waals surface area contributed by atoms with Crippen molar-refractivity contribution in [2.75, 3.05) is 11.9 Å². The molecule has 150 valence electrons. The van der Waals surface area contributed by atoms with Gasteiger partial charge in [0.15, 0.2) is 0 Å². The Hall–Kier alpha value is -3.32. The lowest BCUT2D eigenvalue weighted by molar-refractivity contribution is -0.114. The number of hydrogen-bond acceptors (Lipinski definition) is 3. The number of halogens is 1. The van der Waals surface area contributed by atoms with Gasteiger partial charge in [-0.05, 0) is 48.4 Å². The Morgan fingerprint density at radius 2 is 1.72 bits per heavy atom. The van der Waals surface area contributed by atoms with Gasteiger partial charge in [-0.15, -0.1) is 0 Å². The lowest BCUT2D eigenvalue weighted by Crippen LogP contribution is -2.36. The minimum Gasteiger partial charge on any atom is -0.338 e. The summed E-state index contributed by atoms with van der Waals surface area (Å²) >= 11 is 5.90. The molecule has 0 saturated heterocycles. The highest BCUT2D eigenvalue weighted by molar-refractivity contribution is 6.30. The summed E-state index contributed by atoms with van der Waals surface area (Å²) in [4.78, 5) is 23.0. The molecule has 0 aliphatic carbocycles. The summed E-state index contributed by atoms with van der Waals surface area (Å²) in [6.07, 6.45) is 4.27. The number of urea groups is 1. The van der Waals surface area contributed by atoms with Gasteiger partial charge in [0.1, 0.15) is 0 Å². The molecule has 8 heteroatoms. The van der Waals surface area contributed by atoms with Crippen LogP contribution in [0.4, 0.5) is 10.5 Å². The molecule has 1 heterocycles.